The topological polar surface area (TPSA) is 95.3 Å². The second kappa shape index (κ2) is 7.81. The summed E-state index contributed by atoms with van der Waals surface area (Å²) in [6, 6.07) is 4.29. The van der Waals surface area contributed by atoms with E-state index in [0.717, 1.165) is 46.3 Å². The van der Waals surface area contributed by atoms with Gasteiger partial charge in [-0.2, -0.15) is 5.26 Å². The number of carboxylic acid groups (broad SMARTS) is 1. The summed E-state index contributed by atoms with van der Waals surface area (Å²) in [5.41, 5.74) is 4.60. The SMILES string of the molecule is CCCC1(CC(=O)O)OCCc2c1[nH]c1c(C)c(COCC3CC3)cc(C#N)c21. The van der Waals surface area contributed by atoms with Crippen LogP contribution < -0.4 is 0 Å². The van der Waals surface area contributed by atoms with Crippen molar-refractivity contribution in [2.75, 3.05) is 13.2 Å². The minimum Gasteiger partial charge on any atom is -0.481 e. The molecule has 4 rings (SSSR count). The minimum atomic E-state index is -0.878. The maximum absolute atomic E-state index is 11.6. The number of carbonyl (C=O) groups is 1. The molecule has 2 N–H and O–H groups in total. The lowest BCUT2D eigenvalue weighted by Gasteiger charge is -2.36. The molecule has 0 bridgehead atoms. The summed E-state index contributed by atoms with van der Waals surface area (Å²) in [6.45, 7) is 5.80. The van der Waals surface area contributed by atoms with Crippen molar-refractivity contribution >= 4 is 16.9 Å². The first kappa shape index (κ1) is 19.9. The number of ether oxygens (including phenoxy) is 2. The van der Waals surface area contributed by atoms with Crippen LogP contribution in [-0.2, 0) is 32.9 Å². The van der Waals surface area contributed by atoms with Gasteiger partial charge >= 0.3 is 5.97 Å². The van der Waals surface area contributed by atoms with Crippen LogP contribution in [0.5, 0.6) is 0 Å². The molecule has 1 aromatic heterocycles. The van der Waals surface area contributed by atoms with Gasteiger partial charge in [0.15, 0.2) is 0 Å². The third-order valence-corrected chi connectivity index (χ3v) is 6.25. The van der Waals surface area contributed by atoms with E-state index < -0.39 is 11.6 Å². The second-order valence-corrected chi connectivity index (χ2v) is 8.42. The van der Waals surface area contributed by atoms with Crippen LogP contribution >= 0.6 is 0 Å². The molecule has 1 aromatic carbocycles. The molecule has 29 heavy (non-hydrogen) atoms. The number of H-pyrrole nitrogens is 1. The number of benzene rings is 1. The number of fused-ring (bicyclic) bond motifs is 3. The number of aliphatic carboxylic acids is 1. The zero-order chi connectivity index (χ0) is 20.6. The van der Waals surface area contributed by atoms with Crippen LogP contribution in [0.15, 0.2) is 6.07 Å². The smallest absolute Gasteiger partial charge is 0.306 e. The molecule has 154 valence electrons. The van der Waals surface area contributed by atoms with E-state index in [0.29, 0.717) is 37.5 Å². The number of hydrogen-bond donors (Lipinski definition) is 2. The predicted molar refractivity (Wildman–Crippen MR) is 109 cm³/mol. The van der Waals surface area contributed by atoms with Crippen LogP contribution in [-0.4, -0.2) is 29.3 Å². The first-order chi connectivity index (χ1) is 14.0. The summed E-state index contributed by atoms with van der Waals surface area (Å²) >= 11 is 0. The molecule has 6 nitrogen and oxygen atoms in total. The highest BCUT2D eigenvalue weighted by Gasteiger charge is 2.42. The number of hydrogen-bond acceptors (Lipinski definition) is 4. The normalized spacial score (nSPS) is 21.1. The molecule has 0 amide bonds. The Morgan fingerprint density at radius 2 is 2.28 bits per heavy atom. The highest BCUT2D eigenvalue weighted by atomic mass is 16.5. The van der Waals surface area contributed by atoms with Gasteiger partial charge in [-0.1, -0.05) is 13.3 Å². The summed E-state index contributed by atoms with van der Waals surface area (Å²) in [5, 5.41) is 20.3. The third kappa shape index (κ3) is 3.65. The first-order valence-electron chi connectivity index (χ1n) is 10.5. The number of aromatic amines is 1. The van der Waals surface area contributed by atoms with Crippen molar-refractivity contribution in [2.24, 2.45) is 5.92 Å². The van der Waals surface area contributed by atoms with Crippen molar-refractivity contribution in [3.05, 3.63) is 34.0 Å². The standard InChI is InChI=1S/C23H28N2O4/c1-3-7-23(10-19(26)27)22-18(6-8-29-23)20-16(11-24)9-17(14(2)21(20)25-22)13-28-12-15-4-5-15/h9,15,25H,3-8,10,12-13H2,1-2H3,(H,26,27). The van der Waals surface area contributed by atoms with Crippen molar-refractivity contribution in [3.8, 4) is 6.07 Å². The molecule has 1 unspecified atom stereocenters. The molecule has 1 aliphatic heterocycles. The Morgan fingerprint density at radius 1 is 1.48 bits per heavy atom. The van der Waals surface area contributed by atoms with Crippen molar-refractivity contribution < 1.29 is 19.4 Å². The Morgan fingerprint density at radius 3 is 2.93 bits per heavy atom. The Bertz CT molecular complexity index is 983. The molecule has 2 aliphatic rings. The molecule has 0 radical (unpaired) electrons. The van der Waals surface area contributed by atoms with Crippen LogP contribution in [0.4, 0.5) is 0 Å². The fourth-order valence-electron chi connectivity index (χ4n) is 4.62. The molecule has 2 heterocycles. The van der Waals surface area contributed by atoms with E-state index in [1.165, 1.54) is 12.8 Å². The van der Waals surface area contributed by atoms with Gasteiger partial charge in [-0.05, 0) is 61.3 Å². The van der Waals surface area contributed by atoms with Gasteiger partial charge in [0, 0.05) is 12.0 Å². The molecule has 1 saturated carbocycles. The Balaban J connectivity index is 1.82. The summed E-state index contributed by atoms with van der Waals surface area (Å²) in [5.74, 6) is -0.188. The molecule has 0 spiro atoms. The van der Waals surface area contributed by atoms with E-state index >= 15 is 0 Å². The van der Waals surface area contributed by atoms with E-state index in [2.05, 4.69) is 11.1 Å². The number of nitrogens with one attached hydrogen (secondary N) is 1. The fraction of sp³-hybridized carbons (Fsp3) is 0.565. The van der Waals surface area contributed by atoms with Gasteiger partial charge in [-0.3, -0.25) is 4.79 Å². The van der Waals surface area contributed by atoms with E-state index in [4.69, 9.17) is 9.47 Å². The van der Waals surface area contributed by atoms with Crippen LogP contribution in [0.3, 0.4) is 0 Å². The maximum Gasteiger partial charge on any atom is 0.306 e. The monoisotopic (exact) mass is 396 g/mol. The molecule has 2 aromatic rings. The predicted octanol–water partition coefficient (Wildman–Crippen LogP) is 4.32. The van der Waals surface area contributed by atoms with Crippen molar-refractivity contribution in [2.45, 2.75) is 64.6 Å². The lowest BCUT2D eigenvalue weighted by molar-refractivity contribution is -0.149. The highest BCUT2D eigenvalue weighted by molar-refractivity contribution is 5.94. The Labute approximate surface area is 170 Å². The van der Waals surface area contributed by atoms with Gasteiger partial charge in [-0.25, -0.2) is 0 Å². The van der Waals surface area contributed by atoms with Gasteiger partial charge in [0.2, 0.25) is 0 Å². The number of aryl methyl sites for hydroxylation is 1. The highest BCUT2D eigenvalue weighted by Crippen LogP contribution is 2.44. The minimum absolute atomic E-state index is 0.0844. The lowest BCUT2D eigenvalue weighted by Crippen LogP contribution is -2.37. The van der Waals surface area contributed by atoms with Gasteiger partial charge in [-0.15, -0.1) is 0 Å². The van der Waals surface area contributed by atoms with Crippen molar-refractivity contribution in [1.29, 1.82) is 5.26 Å². The number of aromatic nitrogens is 1. The first-order valence-corrected chi connectivity index (χ1v) is 10.5. The van der Waals surface area contributed by atoms with Gasteiger partial charge < -0.3 is 19.6 Å². The van der Waals surface area contributed by atoms with Gasteiger partial charge in [0.1, 0.15) is 5.60 Å². The number of nitrogens with zero attached hydrogens (tertiary/aromatic N) is 1. The zero-order valence-corrected chi connectivity index (χ0v) is 17.1. The molecule has 6 heteroatoms. The number of carboxylic acids is 1. The van der Waals surface area contributed by atoms with Gasteiger partial charge in [0.25, 0.3) is 0 Å². The molecule has 1 aliphatic carbocycles. The maximum atomic E-state index is 11.6. The molecular formula is C23H28N2O4. The average molecular weight is 396 g/mol. The van der Waals surface area contributed by atoms with E-state index in [1.54, 1.807) is 0 Å². The quantitative estimate of drug-likeness (QED) is 0.693. The molecule has 0 saturated heterocycles. The third-order valence-electron chi connectivity index (χ3n) is 6.25. The van der Waals surface area contributed by atoms with Crippen molar-refractivity contribution in [1.82, 2.24) is 4.98 Å². The number of nitriles is 1. The lowest BCUT2D eigenvalue weighted by atomic mass is 9.84. The van der Waals surface area contributed by atoms with Crippen LogP contribution in [0.1, 0.15) is 67.0 Å². The fourth-order valence-corrected chi connectivity index (χ4v) is 4.62. The summed E-state index contributed by atoms with van der Waals surface area (Å²) in [4.78, 5) is 15.1. The zero-order valence-electron chi connectivity index (χ0n) is 17.1. The molecular weight excluding hydrogens is 368 g/mol. The van der Waals surface area contributed by atoms with Gasteiger partial charge in [0.05, 0.1) is 42.5 Å². The summed E-state index contributed by atoms with van der Waals surface area (Å²) in [6.07, 6.45) is 4.51. The summed E-state index contributed by atoms with van der Waals surface area (Å²) < 4.78 is 12.0. The largest absolute Gasteiger partial charge is 0.481 e. The van der Waals surface area contributed by atoms with E-state index in [-0.39, 0.29) is 6.42 Å². The van der Waals surface area contributed by atoms with Crippen LogP contribution in [0.2, 0.25) is 0 Å². The Hall–Kier alpha value is -2.36. The van der Waals surface area contributed by atoms with Crippen LogP contribution in [0, 0.1) is 24.2 Å². The Kier molecular flexibility index (Phi) is 5.37. The number of rotatable bonds is 8. The summed E-state index contributed by atoms with van der Waals surface area (Å²) in [7, 11) is 0. The average Bonchev–Trinajstić information content (AvgIpc) is 3.41. The second-order valence-electron chi connectivity index (χ2n) is 8.42. The molecule has 1 fully saturated rings. The van der Waals surface area contributed by atoms with E-state index in [1.807, 2.05) is 19.9 Å². The van der Waals surface area contributed by atoms with Crippen LogP contribution in [0.25, 0.3) is 10.9 Å². The van der Waals surface area contributed by atoms with E-state index in [9.17, 15) is 15.2 Å². The molecule has 1 atom stereocenters. The van der Waals surface area contributed by atoms with Crippen molar-refractivity contribution in [3.63, 3.8) is 0 Å².